The Morgan fingerprint density at radius 2 is 1.83 bits per heavy atom. The van der Waals surface area contributed by atoms with E-state index >= 15 is 0 Å². The van der Waals surface area contributed by atoms with Gasteiger partial charge in [0.25, 0.3) is 0 Å². The van der Waals surface area contributed by atoms with Gasteiger partial charge in [-0.15, -0.1) is 0 Å². The predicted octanol–water partition coefficient (Wildman–Crippen LogP) is 3.91. The van der Waals surface area contributed by atoms with Crippen LogP contribution in [-0.2, 0) is 9.84 Å². The van der Waals surface area contributed by atoms with Crippen molar-refractivity contribution in [3.05, 3.63) is 58.1 Å². The van der Waals surface area contributed by atoms with Crippen LogP contribution in [0, 0.1) is 10.1 Å². The first-order chi connectivity index (χ1) is 10.7. The van der Waals surface area contributed by atoms with E-state index in [1.807, 2.05) is 19.9 Å². The fourth-order valence-electron chi connectivity index (χ4n) is 2.02. The summed E-state index contributed by atoms with van der Waals surface area (Å²) in [5, 5.41) is 11.2. The lowest BCUT2D eigenvalue weighted by atomic mass is 10.0. The second-order valence-corrected chi connectivity index (χ2v) is 7.50. The standard InChI is InChI=1S/C16H17NO5S/c1-11(2)12-5-4-6-13(9-12)22-16-8-7-14(23(3,20)21)10-15(16)17(18)19/h4-11H,1-3H3. The maximum Gasteiger partial charge on any atom is 0.312 e. The van der Waals surface area contributed by atoms with Crippen molar-refractivity contribution in [1.29, 1.82) is 0 Å². The zero-order chi connectivity index (χ0) is 17.2. The molecule has 0 unspecified atom stereocenters. The molecule has 0 bridgehead atoms. The summed E-state index contributed by atoms with van der Waals surface area (Å²) in [6.45, 7) is 4.06. The maximum atomic E-state index is 11.5. The fourth-order valence-corrected chi connectivity index (χ4v) is 2.66. The minimum Gasteiger partial charge on any atom is -0.450 e. The molecule has 0 spiro atoms. The number of ether oxygens (including phenoxy) is 1. The molecule has 0 N–H and O–H groups in total. The molecule has 2 rings (SSSR count). The topological polar surface area (TPSA) is 86.5 Å². The number of sulfone groups is 1. The summed E-state index contributed by atoms with van der Waals surface area (Å²) < 4.78 is 28.7. The minimum atomic E-state index is -3.53. The summed E-state index contributed by atoms with van der Waals surface area (Å²) >= 11 is 0. The van der Waals surface area contributed by atoms with Crippen LogP contribution in [0.5, 0.6) is 11.5 Å². The van der Waals surface area contributed by atoms with Crippen LogP contribution in [0.15, 0.2) is 47.4 Å². The zero-order valence-electron chi connectivity index (χ0n) is 13.0. The Balaban J connectivity index is 2.44. The first-order valence-corrected chi connectivity index (χ1v) is 8.84. The number of benzene rings is 2. The largest absolute Gasteiger partial charge is 0.450 e. The highest BCUT2D eigenvalue weighted by Gasteiger charge is 2.20. The highest BCUT2D eigenvalue weighted by Crippen LogP contribution is 2.34. The second kappa shape index (κ2) is 6.37. The Morgan fingerprint density at radius 1 is 1.13 bits per heavy atom. The monoisotopic (exact) mass is 335 g/mol. The molecule has 0 atom stereocenters. The quantitative estimate of drug-likeness (QED) is 0.610. The number of rotatable bonds is 5. The van der Waals surface area contributed by atoms with E-state index in [1.165, 1.54) is 12.1 Å². The van der Waals surface area contributed by atoms with Gasteiger partial charge in [-0.25, -0.2) is 8.42 Å². The SMILES string of the molecule is CC(C)c1cccc(Oc2ccc(S(C)(=O)=O)cc2[N+](=O)[O-])c1. The summed E-state index contributed by atoms with van der Waals surface area (Å²) in [5.41, 5.74) is 0.654. The molecule has 2 aromatic rings. The molecule has 6 nitrogen and oxygen atoms in total. The van der Waals surface area contributed by atoms with Crippen molar-refractivity contribution in [2.24, 2.45) is 0 Å². The second-order valence-electron chi connectivity index (χ2n) is 5.49. The van der Waals surface area contributed by atoms with Gasteiger partial charge in [0.05, 0.1) is 9.82 Å². The van der Waals surface area contributed by atoms with Gasteiger partial charge in [0, 0.05) is 12.3 Å². The molecule has 23 heavy (non-hydrogen) atoms. The zero-order valence-corrected chi connectivity index (χ0v) is 13.8. The van der Waals surface area contributed by atoms with Gasteiger partial charge in [-0.3, -0.25) is 10.1 Å². The first kappa shape index (κ1) is 17.0. The summed E-state index contributed by atoms with van der Waals surface area (Å²) in [6.07, 6.45) is 0.999. The van der Waals surface area contributed by atoms with E-state index in [-0.39, 0.29) is 16.3 Å². The predicted molar refractivity (Wildman–Crippen MR) is 86.8 cm³/mol. The van der Waals surface area contributed by atoms with Crippen molar-refractivity contribution in [2.75, 3.05) is 6.26 Å². The average Bonchev–Trinajstić information content (AvgIpc) is 2.46. The molecule has 0 fully saturated rings. The van der Waals surface area contributed by atoms with E-state index in [2.05, 4.69) is 0 Å². The van der Waals surface area contributed by atoms with Crippen molar-refractivity contribution >= 4 is 15.5 Å². The molecule has 0 amide bonds. The van der Waals surface area contributed by atoms with Gasteiger partial charge in [0.15, 0.2) is 9.84 Å². The Kier molecular flexibility index (Phi) is 4.70. The maximum absolute atomic E-state index is 11.5. The lowest BCUT2D eigenvalue weighted by Crippen LogP contribution is -2.00. The third-order valence-corrected chi connectivity index (χ3v) is 4.42. The molecule has 7 heteroatoms. The van der Waals surface area contributed by atoms with Crippen LogP contribution < -0.4 is 4.74 Å². The van der Waals surface area contributed by atoms with E-state index in [1.54, 1.807) is 18.2 Å². The summed E-state index contributed by atoms with van der Waals surface area (Å²) in [5.74, 6) is 0.760. The molecule has 0 radical (unpaired) electrons. The molecule has 0 aliphatic rings. The fraction of sp³-hybridized carbons (Fsp3) is 0.250. The third kappa shape index (κ3) is 4.07. The highest BCUT2D eigenvalue weighted by atomic mass is 32.2. The van der Waals surface area contributed by atoms with Crippen LogP contribution in [0.25, 0.3) is 0 Å². The number of nitro benzene ring substituents is 1. The molecule has 122 valence electrons. The van der Waals surface area contributed by atoms with Crippen LogP contribution in [0.4, 0.5) is 5.69 Å². The van der Waals surface area contributed by atoms with E-state index in [9.17, 15) is 18.5 Å². The molecular weight excluding hydrogens is 318 g/mol. The first-order valence-electron chi connectivity index (χ1n) is 6.95. The van der Waals surface area contributed by atoms with Crippen LogP contribution in [0.3, 0.4) is 0 Å². The highest BCUT2D eigenvalue weighted by molar-refractivity contribution is 7.90. The van der Waals surface area contributed by atoms with Crippen molar-refractivity contribution in [3.8, 4) is 11.5 Å². The molecular formula is C16H17NO5S. The van der Waals surface area contributed by atoms with Crippen LogP contribution in [0.2, 0.25) is 0 Å². The van der Waals surface area contributed by atoms with E-state index in [4.69, 9.17) is 4.74 Å². The van der Waals surface area contributed by atoms with E-state index < -0.39 is 14.8 Å². The third-order valence-electron chi connectivity index (χ3n) is 3.31. The van der Waals surface area contributed by atoms with Crippen molar-refractivity contribution in [1.82, 2.24) is 0 Å². The Bertz CT molecular complexity index is 843. The summed E-state index contributed by atoms with van der Waals surface area (Å²) in [7, 11) is -3.53. The van der Waals surface area contributed by atoms with Crippen molar-refractivity contribution in [2.45, 2.75) is 24.7 Å². The number of nitro groups is 1. The van der Waals surface area contributed by atoms with E-state index in [0.29, 0.717) is 11.7 Å². The van der Waals surface area contributed by atoms with Crippen LogP contribution in [-0.4, -0.2) is 19.6 Å². The molecule has 0 aliphatic heterocycles. The van der Waals surface area contributed by atoms with E-state index in [0.717, 1.165) is 17.9 Å². The van der Waals surface area contributed by atoms with Gasteiger partial charge in [0.1, 0.15) is 5.75 Å². The Hall–Kier alpha value is -2.41. The summed E-state index contributed by atoms with van der Waals surface area (Å²) in [6, 6.07) is 10.9. The van der Waals surface area contributed by atoms with Gasteiger partial charge in [-0.1, -0.05) is 26.0 Å². The summed E-state index contributed by atoms with van der Waals surface area (Å²) in [4.78, 5) is 10.4. The number of nitrogens with zero attached hydrogens (tertiary/aromatic N) is 1. The Morgan fingerprint density at radius 3 is 2.39 bits per heavy atom. The van der Waals surface area contributed by atoms with Crippen molar-refractivity contribution in [3.63, 3.8) is 0 Å². The van der Waals surface area contributed by atoms with Gasteiger partial charge < -0.3 is 4.74 Å². The molecule has 0 saturated carbocycles. The minimum absolute atomic E-state index is 0.00306. The molecule has 0 aliphatic carbocycles. The Labute approximate surface area is 134 Å². The number of hydrogen-bond donors (Lipinski definition) is 0. The van der Waals surface area contributed by atoms with Gasteiger partial charge in [-0.05, 0) is 35.7 Å². The van der Waals surface area contributed by atoms with Gasteiger partial charge in [-0.2, -0.15) is 0 Å². The molecule has 0 heterocycles. The van der Waals surface area contributed by atoms with Gasteiger partial charge in [0.2, 0.25) is 5.75 Å². The molecule has 0 saturated heterocycles. The van der Waals surface area contributed by atoms with Crippen LogP contribution >= 0.6 is 0 Å². The lowest BCUT2D eigenvalue weighted by Gasteiger charge is -2.10. The lowest BCUT2D eigenvalue weighted by molar-refractivity contribution is -0.385. The average molecular weight is 335 g/mol. The normalized spacial score (nSPS) is 11.5. The van der Waals surface area contributed by atoms with Crippen molar-refractivity contribution < 1.29 is 18.1 Å². The van der Waals surface area contributed by atoms with Gasteiger partial charge >= 0.3 is 5.69 Å². The van der Waals surface area contributed by atoms with Crippen LogP contribution in [0.1, 0.15) is 25.3 Å². The molecule has 0 aromatic heterocycles. The molecule has 2 aromatic carbocycles. The number of hydrogen-bond acceptors (Lipinski definition) is 5. The smallest absolute Gasteiger partial charge is 0.312 e.